The van der Waals surface area contributed by atoms with Crippen LogP contribution in [-0.4, -0.2) is 24.2 Å². The van der Waals surface area contributed by atoms with Crippen molar-refractivity contribution < 1.29 is 9.90 Å². The largest absolute Gasteiger partial charge is 0.396 e. The molecule has 0 unspecified atom stereocenters. The number of rotatable bonds is 6. The zero-order chi connectivity index (χ0) is 14.5. The van der Waals surface area contributed by atoms with Crippen LogP contribution in [0.25, 0.3) is 0 Å². The average molecular weight is 263 g/mol. The van der Waals surface area contributed by atoms with Gasteiger partial charge in [-0.05, 0) is 43.7 Å². The maximum absolute atomic E-state index is 12.2. The van der Waals surface area contributed by atoms with E-state index in [1.807, 2.05) is 32.0 Å². The summed E-state index contributed by atoms with van der Waals surface area (Å²) >= 11 is 0. The van der Waals surface area contributed by atoms with Crippen LogP contribution in [0.2, 0.25) is 0 Å². The van der Waals surface area contributed by atoms with Gasteiger partial charge < -0.3 is 10.4 Å². The fraction of sp³-hybridized carbons (Fsp3) is 0.562. The van der Waals surface area contributed by atoms with Gasteiger partial charge in [-0.3, -0.25) is 4.79 Å². The lowest BCUT2D eigenvalue weighted by Crippen LogP contribution is -2.34. The Hall–Kier alpha value is -1.35. The molecule has 1 aromatic rings. The van der Waals surface area contributed by atoms with Crippen LogP contribution in [0.5, 0.6) is 0 Å². The van der Waals surface area contributed by atoms with Gasteiger partial charge in [-0.1, -0.05) is 31.5 Å². The molecule has 106 valence electrons. The summed E-state index contributed by atoms with van der Waals surface area (Å²) in [5.74, 6) is -0.0155. The minimum absolute atomic E-state index is 0.0100. The molecule has 0 saturated carbocycles. The van der Waals surface area contributed by atoms with Gasteiger partial charge >= 0.3 is 0 Å². The minimum Gasteiger partial charge on any atom is -0.396 e. The van der Waals surface area contributed by atoms with E-state index in [4.69, 9.17) is 5.11 Å². The summed E-state index contributed by atoms with van der Waals surface area (Å²) < 4.78 is 0. The number of benzene rings is 1. The fourth-order valence-electron chi connectivity index (χ4n) is 2.04. The van der Waals surface area contributed by atoms with Crippen LogP contribution in [0.15, 0.2) is 18.2 Å². The number of aliphatic hydroxyl groups excluding tert-OH is 1. The Kier molecular flexibility index (Phi) is 5.55. The number of carbonyl (C=O) groups excluding carboxylic acids is 1. The monoisotopic (exact) mass is 263 g/mol. The van der Waals surface area contributed by atoms with Crippen molar-refractivity contribution in [1.82, 2.24) is 5.32 Å². The highest BCUT2D eigenvalue weighted by atomic mass is 16.2. The van der Waals surface area contributed by atoms with Crippen molar-refractivity contribution in [3.8, 4) is 0 Å². The van der Waals surface area contributed by atoms with Gasteiger partial charge in [-0.15, -0.1) is 0 Å². The molecule has 2 N–H and O–H groups in total. The number of carbonyl (C=O) groups is 1. The van der Waals surface area contributed by atoms with Crippen molar-refractivity contribution in [2.75, 3.05) is 13.2 Å². The summed E-state index contributed by atoms with van der Waals surface area (Å²) in [7, 11) is 0. The number of amides is 1. The molecule has 0 spiro atoms. The highest BCUT2D eigenvalue weighted by Crippen LogP contribution is 2.21. The molecule has 0 bridgehead atoms. The van der Waals surface area contributed by atoms with Crippen molar-refractivity contribution in [2.24, 2.45) is 5.41 Å². The Bertz CT molecular complexity index is 438. The lowest BCUT2D eigenvalue weighted by molar-refractivity contribution is 0.0932. The van der Waals surface area contributed by atoms with Gasteiger partial charge in [-0.2, -0.15) is 0 Å². The van der Waals surface area contributed by atoms with Gasteiger partial charge in [0.15, 0.2) is 0 Å². The van der Waals surface area contributed by atoms with Crippen molar-refractivity contribution in [3.63, 3.8) is 0 Å². The summed E-state index contributed by atoms with van der Waals surface area (Å²) in [4.78, 5) is 12.2. The minimum atomic E-state index is -0.0155. The first-order valence-electron chi connectivity index (χ1n) is 6.82. The summed E-state index contributed by atoms with van der Waals surface area (Å²) in [6.07, 6.45) is 1.67. The van der Waals surface area contributed by atoms with Crippen LogP contribution in [0.4, 0.5) is 0 Å². The van der Waals surface area contributed by atoms with Crippen LogP contribution in [0.1, 0.15) is 48.2 Å². The predicted molar refractivity (Wildman–Crippen MR) is 78.4 cm³/mol. The van der Waals surface area contributed by atoms with E-state index < -0.39 is 0 Å². The highest BCUT2D eigenvalue weighted by molar-refractivity contribution is 5.95. The van der Waals surface area contributed by atoms with Gasteiger partial charge in [0.1, 0.15) is 0 Å². The fourth-order valence-corrected chi connectivity index (χ4v) is 2.04. The van der Waals surface area contributed by atoms with E-state index in [9.17, 15) is 4.79 Å². The van der Waals surface area contributed by atoms with E-state index in [0.29, 0.717) is 6.54 Å². The normalized spacial score (nSPS) is 11.4. The second kappa shape index (κ2) is 6.71. The molecule has 0 aliphatic carbocycles. The Morgan fingerprint density at radius 2 is 2.00 bits per heavy atom. The summed E-state index contributed by atoms with van der Waals surface area (Å²) in [5.41, 5.74) is 2.85. The van der Waals surface area contributed by atoms with E-state index in [2.05, 4.69) is 19.2 Å². The molecular weight excluding hydrogens is 238 g/mol. The third kappa shape index (κ3) is 5.03. The topological polar surface area (TPSA) is 49.3 Å². The quantitative estimate of drug-likeness (QED) is 0.829. The van der Waals surface area contributed by atoms with Crippen molar-refractivity contribution in [2.45, 2.75) is 40.5 Å². The second-order valence-corrected chi connectivity index (χ2v) is 5.99. The number of aliphatic hydroxyl groups is 1. The third-order valence-electron chi connectivity index (χ3n) is 3.38. The van der Waals surface area contributed by atoms with Crippen LogP contribution in [0, 0.1) is 19.3 Å². The highest BCUT2D eigenvalue weighted by Gasteiger charge is 2.19. The molecule has 0 fully saturated rings. The van der Waals surface area contributed by atoms with Crippen LogP contribution < -0.4 is 5.32 Å². The molecule has 0 atom stereocenters. The first-order chi connectivity index (χ1) is 8.85. The van der Waals surface area contributed by atoms with Crippen molar-refractivity contribution >= 4 is 5.91 Å². The first kappa shape index (κ1) is 15.7. The van der Waals surface area contributed by atoms with E-state index in [0.717, 1.165) is 29.5 Å². The van der Waals surface area contributed by atoms with Crippen molar-refractivity contribution in [3.05, 3.63) is 34.9 Å². The van der Waals surface area contributed by atoms with Gasteiger partial charge in [0.2, 0.25) is 0 Å². The lowest BCUT2D eigenvalue weighted by Gasteiger charge is -2.24. The average Bonchev–Trinajstić information content (AvgIpc) is 2.36. The molecule has 0 saturated heterocycles. The molecule has 0 aliphatic heterocycles. The third-order valence-corrected chi connectivity index (χ3v) is 3.38. The molecule has 3 nitrogen and oxygen atoms in total. The molecule has 0 heterocycles. The lowest BCUT2D eigenvalue weighted by atomic mass is 9.88. The standard InChI is InChI=1S/C16H25NO2/c1-12-6-7-13(2)14(10-12)15(19)17-11-16(3,4)8-5-9-18/h6-7,10,18H,5,8-9,11H2,1-4H3,(H,17,19). The maximum atomic E-state index is 12.2. The van der Waals surface area contributed by atoms with Gasteiger partial charge in [0.05, 0.1) is 0 Å². The second-order valence-electron chi connectivity index (χ2n) is 5.99. The zero-order valence-corrected chi connectivity index (χ0v) is 12.4. The molecule has 1 amide bonds. The Morgan fingerprint density at radius 1 is 1.32 bits per heavy atom. The Morgan fingerprint density at radius 3 is 2.63 bits per heavy atom. The number of hydrogen-bond donors (Lipinski definition) is 2. The van der Waals surface area contributed by atoms with Gasteiger partial charge in [0, 0.05) is 18.7 Å². The van der Waals surface area contributed by atoms with E-state index in [1.54, 1.807) is 0 Å². The van der Waals surface area contributed by atoms with Crippen LogP contribution >= 0.6 is 0 Å². The van der Waals surface area contributed by atoms with Crippen molar-refractivity contribution in [1.29, 1.82) is 0 Å². The predicted octanol–water partition coefficient (Wildman–Crippen LogP) is 2.83. The van der Waals surface area contributed by atoms with Gasteiger partial charge in [0.25, 0.3) is 5.91 Å². The molecule has 0 radical (unpaired) electrons. The number of hydrogen-bond acceptors (Lipinski definition) is 2. The van der Waals surface area contributed by atoms with E-state index in [1.165, 1.54) is 0 Å². The van der Waals surface area contributed by atoms with Gasteiger partial charge in [-0.25, -0.2) is 0 Å². The Balaban J connectivity index is 2.62. The summed E-state index contributed by atoms with van der Waals surface area (Å²) in [6, 6.07) is 5.91. The Labute approximate surface area is 116 Å². The maximum Gasteiger partial charge on any atom is 0.251 e. The number of nitrogens with one attached hydrogen (secondary N) is 1. The van der Waals surface area contributed by atoms with Crippen LogP contribution in [0.3, 0.4) is 0 Å². The van der Waals surface area contributed by atoms with E-state index >= 15 is 0 Å². The first-order valence-corrected chi connectivity index (χ1v) is 6.82. The molecule has 1 aromatic carbocycles. The molecule has 19 heavy (non-hydrogen) atoms. The summed E-state index contributed by atoms with van der Waals surface area (Å²) in [6.45, 7) is 8.97. The summed E-state index contributed by atoms with van der Waals surface area (Å²) in [5, 5.41) is 11.9. The van der Waals surface area contributed by atoms with Crippen LogP contribution in [-0.2, 0) is 0 Å². The molecule has 0 aromatic heterocycles. The SMILES string of the molecule is Cc1ccc(C)c(C(=O)NCC(C)(C)CCCO)c1. The van der Waals surface area contributed by atoms with E-state index in [-0.39, 0.29) is 17.9 Å². The smallest absolute Gasteiger partial charge is 0.251 e. The molecule has 0 aliphatic rings. The molecule has 1 rings (SSSR count). The zero-order valence-electron chi connectivity index (χ0n) is 12.4. The number of aryl methyl sites for hydroxylation is 2. The molecule has 3 heteroatoms. The molecular formula is C16H25NO2.